The summed E-state index contributed by atoms with van der Waals surface area (Å²) in [4.78, 5) is 13.6. The summed E-state index contributed by atoms with van der Waals surface area (Å²) in [6.07, 6.45) is 3.89. The van der Waals surface area contributed by atoms with Crippen molar-refractivity contribution < 1.29 is 4.79 Å². The van der Waals surface area contributed by atoms with Crippen LogP contribution < -0.4 is 5.32 Å². The van der Waals surface area contributed by atoms with Gasteiger partial charge in [0, 0.05) is 23.3 Å². The maximum Gasteiger partial charge on any atom is 0.267 e. The SMILES string of the molecule is O=C(Nc1ccccc1Cl)c1scc(-c2ccccc2)c1-n1cccc1. The lowest BCUT2D eigenvalue weighted by atomic mass is 10.1. The normalized spacial score (nSPS) is 10.7. The molecular weight excluding hydrogens is 364 g/mol. The Hall–Kier alpha value is -2.82. The summed E-state index contributed by atoms with van der Waals surface area (Å²) in [7, 11) is 0. The Balaban J connectivity index is 1.78. The monoisotopic (exact) mass is 378 g/mol. The van der Waals surface area contributed by atoms with Gasteiger partial charge in [-0.25, -0.2) is 0 Å². The molecule has 26 heavy (non-hydrogen) atoms. The van der Waals surface area contributed by atoms with Gasteiger partial charge in [-0.05, 0) is 29.8 Å². The Kier molecular flexibility index (Phi) is 4.61. The number of benzene rings is 2. The lowest BCUT2D eigenvalue weighted by Crippen LogP contribution is -2.13. The van der Waals surface area contributed by atoms with E-state index in [4.69, 9.17) is 11.6 Å². The van der Waals surface area contributed by atoms with Gasteiger partial charge in [0.05, 0.1) is 16.4 Å². The lowest BCUT2D eigenvalue weighted by molar-refractivity contribution is 0.103. The number of amides is 1. The third-order valence-electron chi connectivity index (χ3n) is 4.04. The van der Waals surface area contributed by atoms with Gasteiger partial charge in [-0.15, -0.1) is 11.3 Å². The molecule has 3 nitrogen and oxygen atoms in total. The van der Waals surface area contributed by atoms with E-state index in [1.54, 1.807) is 12.1 Å². The number of para-hydroxylation sites is 1. The van der Waals surface area contributed by atoms with E-state index in [0.717, 1.165) is 16.8 Å². The minimum absolute atomic E-state index is 0.172. The Morgan fingerprint density at radius 3 is 2.35 bits per heavy atom. The fourth-order valence-corrected chi connectivity index (χ4v) is 3.97. The number of anilines is 1. The molecular formula is C21H15ClN2OS. The standard InChI is InChI=1S/C21H15ClN2OS/c22-17-10-4-5-11-18(17)23-21(25)20-19(24-12-6-7-13-24)16(14-26-20)15-8-2-1-3-9-15/h1-14H,(H,23,25). The molecule has 0 aliphatic rings. The van der Waals surface area contributed by atoms with Gasteiger partial charge in [0.15, 0.2) is 0 Å². The number of aromatic nitrogens is 1. The molecule has 0 atom stereocenters. The van der Waals surface area contributed by atoms with Gasteiger partial charge >= 0.3 is 0 Å². The molecule has 1 amide bonds. The maximum absolute atomic E-state index is 13.0. The number of rotatable bonds is 4. The fourth-order valence-electron chi connectivity index (χ4n) is 2.82. The Labute approximate surface area is 160 Å². The first-order valence-electron chi connectivity index (χ1n) is 8.10. The Bertz CT molecular complexity index is 1040. The zero-order valence-electron chi connectivity index (χ0n) is 13.7. The van der Waals surface area contributed by atoms with E-state index in [1.165, 1.54) is 11.3 Å². The van der Waals surface area contributed by atoms with Crippen LogP contribution >= 0.6 is 22.9 Å². The molecule has 2 aromatic heterocycles. The topological polar surface area (TPSA) is 34.0 Å². The Morgan fingerprint density at radius 1 is 0.923 bits per heavy atom. The highest BCUT2D eigenvalue weighted by molar-refractivity contribution is 7.13. The average molecular weight is 379 g/mol. The zero-order valence-corrected chi connectivity index (χ0v) is 15.3. The van der Waals surface area contributed by atoms with E-state index < -0.39 is 0 Å². The Morgan fingerprint density at radius 2 is 1.62 bits per heavy atom. The second-order valence-electron chi connectivity index (χ2n) is 5.72. The summed E-state index contributed by atoms with van der Waals surface area (Å²) in [6.45, 7) is 0. The van der Waals surface area contributed by atoms with Crippen LogP contribution in [0.3, 0.4) is 0 Å². The highest BCUT2D eigenvalue weighted by Gasteiger charge is 2.20. The van der Waals surface area contributed by atoms with Gasteiger partial charge in [-0.1, -0.05) is 54.1 Å². The van der Waals surface area contributed by atoms with E-state index in [2.05, 4.69) is 5.32 Å². The van der Waals surface area contributed by atoms with Gasteiger partial charge in [0.1, 0.15) is 4.88 Å². The maximum atomic E-state index is 13.0. The number of carbonyl (C=O) groups is 1. The van der Waals surface area contributed by atoms with Crippen molar-refractivity contribution in [1.29, 1.82) is 0 Å². The van der Waals surface area contributed by atoms with Crippen molar-refractivity contribution >= 4 is 34.5 Å². The van der Waals surface area contributed by atoms with Gasteiger partial charge in [0.2, 0.25) is 0 Å². The summed E-state index contributed by atoms with van der Waals surface area (Å²) in [5.41, 5.74) is 3.57. The second-order valence-corrected chi connectivity index (χ2v) is 7.00. The summed E-state index contributed by atoms with van der Waals surface area (Å²) >= 11 is 7.61. The number of hydrogen-bond donors (Lipinski definition) is 1. The van der Waals surface area contributed by atoms with Crippen molar-refractivity contribution in [3.63, 3.8) is 0 Å². The van der Waals surface area contributed by atoms with Gasteiger partial charge in [0.25, 0.3) is 5.91 Å². The fraction of sp³-hybridized carbons (Fsp3) is 0. The van der Waals surface area contributed by atoms with Crippen molar-refractivity contribution in [1.82, 2.24) is 4.57 Å². The summed E-state index contributed by atoms with van der Waals surface area (Å²) in [5, 5.41) is 5.46. The van der Waals surface area contributed by atoms with Crippen LogP contribution in [-0.2, 0) is 0 Å². The largest absolute Gasteiger partial charge is 0.322 e. The van der Waals surface area contributed by atoms with Crippen LogP contribution in [0.25, 0.3) is 16.8 Å². The number of carbonyl (C=O) groups excluding carboxylic acids is 1. The number of halogens is 1. The molecule has 0 fully saturated rings. The minimum atomic E-state index is -0.172. The predicted octanol–water partition coefficient (Wildman–Crippen LogP) is 6.11. The molecule has 1 N–H and O–H groups in total. The van der Waals surface area contributed by atoms with E-state index in [1.807, 2.05) is 76.9 Å². The van der Waals surface area contributed by atoms with Crippen molar-refractivity contribution in [3.8, 4) is 16.8 Å². The molecule has 0 spiro atoms. The van der Waals surface area contributed by atoms with Crippen LogP contribution in [0, 0.1) is 0 Å². The highest BCUT2D eigenvalue weighted by Crippen LogP contribution is 2.35. The summed E-state index contributed by atoms with van der Waals surface area (Å²) in [5.74, 6) is -0.172. The first-order chi connectivity index (χ1) is 12.7. The van der Waals surface area contributed by atoms with Crippen LogP contribution in [0.15, 0.2) is 84.5 Å². The average Bonchev–Trinajstić information content (AvgIpc) is 3.33. The minimum Gasteiger partial charge on any atom is -0.322 e. The molecule has 2 heterocycles. The first-order valence-corrected chi connectivity index (χ1v) is 9.36. The summed E-state index contributed by atoms with van der Waals surface area (Å²) in [6, 6.07) is 21.2. The third kappa shape index (κ3) is 3.17. The molecule has 128 valence electrons. The van der Waals surface area contributed by atoms with E-state index in [9.17, 15) is 4.79 Å². The zero-order chi connectivity index (χ0) is 17.9. The smallest absolute Gasteiger partial charge is 0.267 e. The second kappa shape index (κ2) is 7.20. The van der Waals surface area contributed by atoms with Crippen LogP contribution in [0.5, 0.6) is 0 Å². The molecule has 0 unspecified atom stereocenters. The molecule has 0 bridgehead atoms. The molecule has 0 aliphatic heterocycles. The third-order valence-corrected chi connectivity index (χ3v) is 5.34. The number of nitrogens with one attached hydrogen (secondary N) is 1. The number of hydrogen-bond acceptors (Lipinski definition) is 2. The molecule has 2 aromatic carbocycles. The van der Waals surface area contributed by atoms with Gasteiger partial charge < -0.3 is 9.88 Å². The molecule has 0 aliphatic carbocycles. The number of nitrogens with zero attached hydrogens (tertiary/aromatic N) is 1. The van der Waals surface area contributed by atoms with Crippen LogP contribution in [0.2, 0.25) is 5.02 Å². The molecule has 5 heteroatoms. The van der Waals surface area contributed by atoms with Gasteiger partial charge in [-0.3, -0.25) is 4.79 Å². The lowest BCUT2D eigenvalue weighted by Gasteiger charge is -2.11. The summed E-state index contributed by atoms with van der Waals surface area (Å²) < 4.78 is 1.97. The van der Waals surface area contributed by atoms with E-state index >= 15 is 0 Å². The van der Waals surface area contributed by atoms with Crippen molar-refractivity contribution in [2.75, 3.05) is 5.32 Å². The molecule has 4 rings (SSSR count). The van der Waals surface area contributed by atoms with Crippen LogP contribution in [-0.4, -0.2) is 10.5 Å². The van der Waals surface area contributed by atoms with Gasteiger partial charge in [-0.2, -0.15) is 0 Å². The van der Waals surface area contributed by atoms with Crippen molar-refractivity contribution in [3.05, 3.63) is 94.4 Å². The van der Waals surface area contributed by atoms with Crippen LogP contribution in [0.1, 0.15) is 9.67 Å². The quantitative estimate of drug-likeness (QED) is 0.456. The van der Waals surface area contributed by atoms with Crippen molar-refractivity contribution in [2.45, 2.75) is 0 Å². The first kappa shape index (κ1) is 16.6. The number of thiophene rings is 1. The predicted molar refractivity (Wildman–Crippen MR) is 108 cm³/mol. The molecule has 0 saturated carbocycles. The van der Waals surface area contributed by atoms with Crippen molar-refractivity contribution in [2.24, 2.45) is 0 Å². The van der Waals surface area contributed by atoms with E-state index in [-0.39, 0.29) is 5.91 Å². The molecule has 4 aromatic rings. The molecule has 0 radical (unpaired) electrons. The highest BCUT2D eigenvalue weighted by atomic mass is 35.5. The molecule has 0 saturated heterocycles. The van der Waals surface area contributed by atoms with E-state index in [0.29, 0.717) is 15.6 Å². The van der Waals surface area contributed by atoms with Crippen LogP contribution in [0.4, 0.5) is 5.69 Å².